The Bertz CT molecular complexity index is 674. The first-order chi connectivity index (χ1) is 10.8. The van der Waals surface area contributed by atoms with E-state index in [1.54, 1.807) is 6.07 Å². The summed E-state index contributed by atoms with van der Waals surface area (Å²) in [6, 6.07) is 3.18. The van der Waals surface area contributed by atoms with Gasteiger partial charge in [-0.25, -0.2) is 9.40 Å². The molecule has 2 amide bonds. The van der Waals surface area contributed by atoms with E-state index < -0.39 is 0 Å². The molecule has 2 atom stereocenters. The summed E-state index contributed by atoms with van der Waals surface area (Å²) in [4.78, 5) is 23.6. The Kier molecular flexibility index (Phi) is 3.88. The van der Waals surface area contributed by atoms with Gasteiger partial charge in [-0.2, -0.15) is 0 Å². The predicted molar refractivity (Wildman–Crippen MR) is 85.3 cm³/mol. The fraction of sp³-hybridized carbons (Fsp3) is 0.529. The van der Waals surface area contributed by atoms with Crippen LogP contribution in [0.1, 0.15) is 49.8 Å². The van der Waals surface area contributed by atoms with Gasteiger partial charge in [-0.3, -0.25) is 14.9 Å². The number of anilines is 1. The lowest BCUT2D eigenvalue weighted by atomic mass is 9.85. The van der Waals surface area contributed by atoms with Gasteiger partial charge in [-0.15, -0.1) is 0 Å². The number of amides is 2. The van der Waals surface area contributed by atoms with Gasteiger partial charge < -0.3 is 5.01 Å². The Morgan fingerprint density at radius 1 is 1.26 bits per heavy atom. The van der Waals surface area contributed by atoms with Gasteiger partial charge in [-0.1, -0.05) is 13.8 Å². The van der Waals surface area contributed by atoms with Crippen LogP contribution in [0.5, 0.6) is 0 Å². The molecule has 124 valence electrons. The molecule has 6 heteroatoms. The molecule has 0 radical (unpaired) electrons. The third-order valence-electron chi connectivity index (χ3n) is 4.97. The summed E-state index contributed by atoms with van der Waals surface area (Å²) in [6.45, 7) is 3.92. The number of nitrogens with one attached hydrogen (secondary N) is 1. The molecular weight excluding hydrogens is 297 g/mol. The molecular formula is C17H22FN3O2. The molecule has 0 spiro atoms. The Morgan fingerprint density at radius 3 is 2.57 bits per heavy atom. The minimum atomic E-state index is -0.356. The van der Waals surface area contributed by atoms with E-state index in [2.05, 4.69) is 5.32 Å². The molecule has 2 heterocycles. The number of benzene rings is 1. The van der Waals surface area contributed by atoms with E-state index in [1.807, 2.05) is 44.0 Å². The van der Waals surface area contributed by atoms with Crippen LogP contribution < -0.4 is 10.3 Å². The molecule has 5 nitrogen and oxygen atoms in total. The maximum atomic E-state index is 14.5. The van der Waals surface area contributed by atoms with Crippen molar-refractivity contribution in [1.29, 1.82) is 0 Å². The van der Waals surface area contributed by atoms with E-state index in [0.717, 1.165) is 11.3 Å². The van der Waals surface area contributed by atoms with Crippen LogP contribution in [0.25, 0.3) is 0 Å². The van der Waals surface area contributed by atoms with Gasteiger partial charge in [0.2, 0.25) is 11.8 Å². The summed E-state index contributed by atoms with van der Waals surface area (Å²) in [6.07, 6.45) is 0.812. The van der Waals surface area contributed by atoms with E-state index in [1.165, 1.54) is 0 Å². The average molecular weight is 319 g/mol. The van der Waals surface area contributed by atoms with Gasteiger partial charge in [0, 0.05) is 20.5 Å². The quantitative estimate of drug-likeness (QED) is 0.850. The second-order valence-electron chi connectivity index (χ2n) is 6.69. The fourth-order valence-corrected chi connectivity index (χ4v) is 3.60. The number of carbonyl (C=O) groups is 2. The van der Waals surface area contributed by atoms with Crippen molar-refractivity contribution in [2.75, 3.05) is 19.1 Å². The van der Waals surface area contributed by atoms with Crippen LogP contribution in [-0.4, -0.2) is 30.9 Å². The van der Waals surface area contributed by atoms with Crippen LogP contribution in [0.15, 0.2) is 12.1 Å². The summed E-state index contributed by atoms with van der Waals surface area (Å²) in [5.74, 6) is -1.01. The maximum Gasteiger partial charge on any atom is 0.231 e. The van der Waals surface area contributed by atoms with Gasteiger partial charge in [0.1, 0.15) is 5.82 Å². The Labute approximate surface area is 135 Å². The number of nitrogens with zero attached hydrogens (tertiary/aromatic N) is 2. The normalized spacial score (nSPS) is 25.0. The fourth-order valence-electron chi connectivity index (χ4n) is 3.60. The van der Waals surface area contributed by atoms with Crippen LogP contribution in [-0.2, 0) is 9.59 Å². The lowest BCUT2D eigenvalue weighted by molar-refractivity contribution is -0.138. The minimum absolute atomic E-state index is 0.0913. The number of hydrazine groups is 1. The highest BCUT2D eigenvalue weighted by atomic mass is 19.1. The van der Waals surface area contributed by atoms with Crippen molar-refractivity contribution in [3.05, 3.63) is 29.1 Å². The summed E-state index contributed by atoms with van der Waals surface area (Å²) in [7, 11) is 3.80. The number of rotatable bonds is 2. The molecule has 0 bridgehead atoms. The van der Waals surface area contributed by atoms with Gasteiger partial charge in [-0.05, 0) is 35.6 Å². The zero-order valence-electron chi connectivity index (χ0n) is 13.9. The molecule has 1 aromatic carbocycles. The topological polar surface area (TPSA) is 52.7 Å². The summed E-state index contributed by atoms with van der Waals surface area (Å²) in [5, 5.41) is 6.31. The van der Waals surface area contributed by atoms with Crippen molar-refractivity contribution >= 4 is 17.5 Å². The van der Waals surface area contributed by atoms with Crippen molar-refractivity contribution in [1.82, 2.24) is 10.3 Å². The molecule has 0 saturated carbocycles. The predicted octanol–water partition coefficient (Wildman–Crippen LogP) is 2.34. The van der Waals surface area contributed by atoms with Crippen molar-refractivity contribution < 1.29 is 14.0 Å². The molecule has 1 saturated heterocycles. The minimum Gasteiger partial charge on any atom is -0.308 e. The number of hydrogen-bond donors (Lipinski definition) is 1. The molecule has 3 rings (SSSR count). The second kappa shape index (κ2) is 5.60. The summed E-state index contributed by atoms with van der Waals surface area (Å²) >= 11 is 0. The van der Waals surface area contributed by atoms with Crippen molar-refractivity contribution in [2.45, 2.75) is 38.6 Å². The molecule has 2 unspecified atom stereocenters. The molecule has 1 fully saturated rings. The lowest BCUT2D eigenvalue weighted by Gasteiger charge is -2.33. The standard InChI is InChI=1S/C17H22FN3O2/c1-9(2)11-8-14-12(7-13(11)18)16(21(4)20(14)3)10-5-6-15(22)19-17(10)23/h7-10,16H,5-6H2,1-4H3,(H,19,22,23). The lowest BCUT2D eigenvalue weighted by Crippen LogP contribution is -2.47. The van der Waals surface area contributed by atoms with Crippen molar-refractivity contribution in [3.63, 3.8) is 0 Å². The number of hydrogen-bond acceptors (Lipinski definition) is 4. The van der Waals surface area contributed by atoms with Crippen LogP contribution in [0.2, 0.25) is 0 Å². The van der Waals surface area contributed by atoms with Crippen LogP contribution in [0, 0.1) is 11.7 Å². The van der Waals surface area contributed by atoms with E-state index in [-0.39, 0.29) is 35.5 Å². The molecule has 0 aromatic heterocycles. The van der Waals surface area contributed by atoms with Gasteiger partial charge in [0.25, 0.3) is 0 Å². The average Bonchev–Trinajstić information content (AvgIpc) is 2.70. The number of carbonyl (C=O) groups excluding carboxylic acids is 2. The number of fused-ring (bicyclic) bond motifs is 1. The first kappa shape index (κ1) is 15.9. The summed E-state index contributed by atoms with van der Waals surface area (Å²) < 4.78 is 14.5. The highest BCUT2D eigenvalue weighted by Crippen LogP contribution is 2.45. The summed E-state index contributed by atoms with van der Waals surface area (Å²) in [5.41, 5.74) is 2.41. The molecule has 1 aromatic rings. The Hall–Kier alpha value is -1.95. The SMILES string of the molecule is CC(C)c1cc2c(cc1F)C(C1CCC(=O)NC1=O)N(C)N2C. The van der Waals surface area contributed by atoms with E-state index in [0.29, 0.717) is 18.4 Å². The molecule has 2 aliphatic rings. The van der Waals surface area contributed by atoms with Crippen LogP contribution in [0.3, 0.4) is 0 Å². The highest BCUT2D eigenvalue weighted by molar-refractivity contribution is 5.99. The van der Waals surface area contributed by atoms with Crippen molar-refractivity contribution in [3.8, 4) is 0 Å². The number of imide groups is 1. The third kappa shape index (κ3) is 2.51. The van der Waals surface area contributed by atoms with E-state index in [4.69, 9.17) is 0 Å². The van der Waals surface area contributed by atoms with Crippen molar-refractivity contribution in [2.24, 2.45) is 5.92 Å². The molecule has 23 heavy (non-hydrogen) atoms. The number of halogens is 1. The highest BCUT2D eigenvalue weighted by Gasteiger charge is 2.43. The first-order valence-electron chi connectivity index (χ1n) is 7.94. The zero-order chi connectivity index (χ0) is 16.9. The van der Waals surface area contributed by atoms with E-state index >= 15 is 0 Å². The van der Waals surface area contributed by atoms with E-state index in [9.17, 15) is 14.0 Å². The van der Waals surface area contributed by atoms with Crippen LogP contribution >= 0.6 is 0 Å². The smallest absolute Gasteiger partial charge is 0.231 e. The molecule has 0 aliphatic carbocycles. The van der Waals surface area contributed by atoms with Crippen LogP contribution in [0.4, 0.5) is 10.1 Å². The monoisotopic (exact) mass is 319 g/mol. The van der Waals surface area contributed by atoms with Gasteiger partial charge >= 0.3 is 0 Å². The molecule has 2 aliphatic heterocycles. The Morgan fingerprint density at radius 2 is 1.96 bits per heavy atom. The Balaban J connectivity index is 2.04. The van der Waals surface area contributed by atoms with Gasteiger partial charge in [0.15, 0.2) is 0 Å². The molecule has 1 N–H and O–H groups in total. The third-order valence-corrected chi connectivity index (χ3v) is 4.97. The second-order valence-corrected chi connectivity index (χ2v) is 6.69. The largest absolute Gasteiger partial charge is 0.308 e. The maximum absolute atomic E-state index is 14.5. The first-order valence-corrected chi connectivity index (χ1v) is 7.94. The number of piperidine rings is 1. The van der Waals surface area contributed by atoms with Gasteiger partial charge in [0.05, 0.1) is 17.6 Å². The zero-order valence-corrected chi connectivity index (χ0v) is 13.9.